The number of nitriles is 1. The van der Waals surface area contributed by atoms with Crippen molar-refractivity contribution in [2.45, 2.75) is 18.8 Å². The van der Waals surface area contributed by atoms with Crippen molar-refractivity contribution in [3.05, 3.63) is 53.9 Å². The quantitative estimate of drug-likeness (QED) is 0.837. The Morgan fingerprint density at radius 3 is 2.85 bits per heavy atom. The minimum Gasteiger partial charge on any atom is -0.340 e. The van der Waals surface area contributed by atoms with Gasteiger partial charge in [0.1, 0.15) is 11.8 Å². The summed E-state index contributed by atoms with van der Waals surface area (Å²) in [6, 6.07) is 14.3. The van der Waals surface area contributed by atoms with E-state index in [4.69, 9.17) is 5.26 Å². The number of benzene rings is 1. The number of nitrogens with zero attached hydrogens (tertiary/aromatic N) is 4. The van der Waals surface area contributed by atoms with Gasteiger partial charge in [-0.3, -0.25) is 0 Å². The second-order valence-corrected chi connectivity index (χ2v) is 5.05. The molecule has 0 bridgehead atoms. The standard InChI is InChI=1S/C16H16N4/c17-11-15-8-9-18-16(19-15)20-10-4-7-14(12-20)13-5-2-1-3-6-13/h1-3,5-6,8-9,14H,4,7,10,12H2. The first-order valence-corrected chi connectivity index (χ1v) is 6.90. The SMILES string of the molecule is N#Cc1ccnc(N2CCCC(c3ccccc3)C2)n1. The average Bonchev–Trinajstić information content (AvgIpc) is 2.56. The Morgan fingerprint density at radius 1 is 1.20 bits per heavy atom. The Morgan fingerprint density at radius 2 is 2.05 bits per heavy atom. The van der Waals surface area contributed by atoms with E-state index in [1.807, 2.05) is 6.07 Å². The predicted molar refractivity (Wildman–Crippen MR) is 77.4 cm³/mol. The minimum atomic E-state index is 0.428. The number of hydrogen-bond donors (Lipinski definition) is 0. The summed E-state index contributed by atoms with van der Waals surface area (Å²) in [4.78, 5) is 10.8. The summed E-state index contributed by atoms with van der Waals surface area (Å²) >= 11 is 0. The van der Waals surface area contributed by atoms with Gasteiger partial charge in [-0.25, -0.2) is 9.97 Å². The van der Waals surface area contributed by atoms with Gasteiger partial charge in [-0.1, -0.05) is 30.3 Å². The summed E-state index contributed by atoms with van der Waals surface area (Å²) in [5.74, 6) is 1.18. The van der Waals surface area contributed by atoms with E-state index in [1.165, 1.54) is 12.0 Å². The Labute approximate surface area is 118 Å². The zero-order chi connectivity index (χ0) is 13.8. The lowest BCUT2D eigenvalue weighted by Crippen LogP contribution is -2.35. The largest absolute Gasteiger partial charge is 0.340 e. The van der Waals surface area contributed by atoms with Gasteiger partial charge >= 0.3 is 0 Å². The zero-order valence-electron chi connectivity index (χ0n) is 11.2. The van der Waals surface area contributed by atoms with Gasteiger partial charge in [0.25, 0.3) is 0 Å². The maximum Gasteiger partial charge on any atom is 0.226 e. The summed E-state index contributed by atoms with van der Waals surface area (Å²) in [5, 5.41) is 8.93. The van der Waals surface area contributed by atoms with Crippen LogP contribution in [0.5, 0.6) is 0 Å². The molecule has 0 radical (unpaired) electrons. The van der Waals surface area contributed by atoms with Crippen LogP contribution in [0, 0.1) is 11.3 Å². The van der Waals surface area contributed by atoms with Crippen LogP contribution in [0.15, 0.2) is 42.6 Å². The molecule has 1 aliphatic heterocycles. The molecule has 0 amide bonds. The van der Waals surface area contributed by atoms with Crippen molar-refractivity contribution in [3.63, 3.8) is 0 Å². The van der Waals surface area contributed by atoms with Crippen LogP contribution in [0.4, 0.5) is 5.95 Å². The lowest BCUT2D eigenvalue weighted by atomic mass is 9.91. The molecular formula is C16H16N4. The fourth-order valence-corrected chi connectivity index (χ4v) is 2.72. The lowest BCUT2D eigenvalue weighted by molar-refractivity contribution is 0.503. The molecule has 1 atom stereocenters. The summed E-state index contributed by atoms with van der Waals surface area (Å²) in [7, 11) is 0. The van der Waals surface area contributed by atoms with Crippen molar-refractivity contribution < 1.29 is 0 Å². The number of aromatic nitrogens is 2. The van der Waals surface area contributed by atoms with Gasteiger partial charge in [0.05, 0.1) is 0 Å². The third-order valence-corrected chi connectivity index (χ3v) is 3.73. The van der Waals surface area contributed by atoms with Gasteiger partial charge in [0, 0.05) is 25.2 Å². The van der Waals surface area contributed by atoms with Gasteiger partial charge in [-0.05, 0) is 24.5 Å². The first kappa shape index (κ1) is 12.6. The van der Waals surface area contributed by atoms with Gasteiger partial charge in [-0.15, -0.1) is 0 Å². The fourth-order valence-electron chi connectivity index (χ4n) is 2.72. The predicted octanol–water partition coefficient (Wildman–Crippen LogP) is 2.73. The van der Waals surface area contributed by atoms with E-state index < -0.39 is 0 Å². The summed E-state index contributed by atoms with van der Waals surface area (Å²) in [6.45, 7) is 1.87. The molecule has 0 aliphatic carbocycles. The molecule has 0 spiro atoms. The van der Waals surface area contributed by atoms with E-state index in [9.17, 15) is 0 Å². The van der Waals surface area contributed by atoms with Gasteiger partial charge in [-0.2, -0.15) is 5.26 Å². The maximum absolute atomic E-state index is 8.93. The number of rotatable bonds is 2. The molecule has 1 aromatic carbocycles. The molecule has 4 heteroatoms. The molecule has 20 heavy (non-hydrogen) atoms. The lowest BCUT2D eigenvalue weighted by Gasteiger charge is -2.33. The minimum absolute atomic E-state index is 0.428. The van der Waals surface area contributed by atoms with E-state index >= 15 is 0 Å². The molecule has 0 saturated carbocycles. The Balaban J connectivity index is 1.80. The van der Waals surface area contributed by atoms with Crippen molar-refractivity contribution in [1.82, 2.24) is 9.97 Å². The molecule has 2 aromatic rings. The van der Waals surface area contributed by atoms with Crippen molar-refractivity contribution in [2.24, 2.45) is 0 Å². The van der Waals surface area contributed by atoms with Gasteiger partial charge < -0.3 is 4.90 Å². The molecule has 4 nitrogen and oxygen atoms in total. The first-order chi connectivity index (χ1) is 9.86. The molecule has 1 aromatic heterocycles. The van der Waals surface area contributed by atoms with Crippen LogP contribution >= 0.6 is 0 Å². The third kappa shape index (κ3) is 2.62. The Hall–Kier alpha value is -2.41. The van der Waals surface area contributed by atoms with Gasteiger partial charge in [0.15, 0.2) is 0 Å². The van der Waals surface area contributed by atoms with Crippen LogP contribution in [0.3, 0.4) is 0 Å². The van der Waals surface area contributed by atoms with E-state index in [0.717, 1.165) is 19.5 Å². The first-order valence-electron chi connectivity index (χ1n) is 6.90. The summed E-state index contributed by atoms with van der Waals surface area (Å²) in [5.41, 5.74) is 1.80. The molecule has 1 saturated heterocycles. The van der Waals surface area contributed by atoms with Crippen LogP contribution in [-0.4, -0.2) is 23.1 Å². The van der Waals surface area contributed by atoms with E-state index in [-0.39, 0.29) is 0 Å². The molecular weight excluding hydrogens is 248 g/mol. The third-order valence-electron chi connectivity index (χ3n) is 3.73. The van der Waals surface area contributed by atoms with E-state index in [1.54, 1.807) is 12.3 Å². The van der Waals surface area contributed by atoms with Crippen LogP contribution in [0.25, 0.3) is 0 Å². The van der Waals surface area contributed by atoms with Crippen molar-refractivity contribution >= 4 is 5.95 Å². The highest BCUT2D eigenvalue weighted by atomic mass is 15.3. The van der Waals surface area contributed by atoms with E-state index in [0.29, 0.717) is 17.6 Å². The van der Waals surface area contributed by atoms with Crippen LogP contribution < -0.4 is 4.90 Å². The van der Waals surface area contributed by atoms with Crippen molar-refractivity contribution in [2.75, 3.05) is 18.0 Å². The van der Waals surface area contributed by atoms with Crippen LogP contribution in [0.1, 0.15) is 30.0 Å². The summed E-state index contributed by atoms with van der Waals surface area (Å²) < 4.78 is 0. The Bertz CT molecular complexity index is 618. The number of piperidine rings is 1. The van der Waals surface area contributed by atoms with E-state index in [2.05, 4.69) is 45.2 Å². The average molecular weight is 264 g/mol. The maximum atomic E-state index is 8.93. The van der Waals surface area contributed by atoms with Crippen LogP contribution in [0.2, 0.25) is 0 Å². The molecule has 2 heterocycles. The normalized spacial score (nSPS) is 18.6. The molecule has 1 fully saturated rings. The fraction of sp³-hybridized carbons (Fsp3) is 0.312. The smallest absolute Gasteiger partial charge is 0.226 e. The molecule has 100 valence electrons. The zero-order valence-corrected chi connectivity index (χ0v) is 11.2. The van der Waals surface area contributed by atoms with Crippen LogP contribution in [-0.2, 0) is 0 Å². The van der Waals surface area contributed by atoms with Gasteiger partial charge in [0.2, 0.25) is 5.95 Å². The molecule has 1 aliphatic rings. The topological polar surface area (TPSA) is 52.8 Å². The monoisotopic (exact) mass is 264 g/mol. The molecule has 0 N–H and O–H groups in total. The second kappa shape index (κ2) is 5.70. The summed E-state index contributed by atoms with van der Waals surface area (Å²) in [6.07, 6.45) is 3.98. The Kier molecular flexibility index (Phi) is 3.60. The van der Waals surface area contributed by atoms with Crippen molar-refractivity contribution in [1.29, 1.82) is 5.26 Å². The second-order valence-electron chi connectivity index (χ2n) is 5.05. The number of anilines is 1. The number of hydrogen-bond acceptors (Lipinski definition) is 4. The highest BCUT2D eigenvalue weighted by Gasteiger charge is 2.22. The highest BCUT2D eigenvalue weighted by Crippen LogP contribution is 2.28. The molecule has 3 rings (SSSR count). The highest BCUT2D eigenvalue weighted by molar-refractivity contribution is 5.36. The van der Waals surface area contributed by atoms with Crippen molar-refractivity contribution in [3.8, 4) is 6.07 Å². The molecule has 1 unspecified atom stereocenters.